The van der Waals surface area contributed by atoms with Crippen LogP contribution in [0, 0.1) is 19.7 Å². The quantitative estimate of drug-likeness (QED) is 0.185. The number of nitrogens with one attached hydrogen (secondary N) is 1. The molecule has 0 unspecified atom stereocenters. The van der Waals surface area contributed by atoms with Crippen molar-refractivity contribution < 1.29 is 23.5 Å². The van der Waals surface area contributed by atoms with Crippen molar-refractivity contribution in [3.05, 3.63) is 105 Å². The normalized spacial score (nSPS) is 9.86. The number of carboxylic acids is 1. The summed E-state index contributed by atoms with van der Waals surface area (Å²) in [6.45, 7) is 3.67. The number of furan rings is 1. The van der Waals surface area contributed by atoms with Crippen LogP contribution in [0.5, 0.6) is 0 Å². The molecule has 0 aliphatic rings. The van der Waals surface area contributed by atoms with Gasteiger partial charge >= 0.3 is 5.97 Å². The van der Waals surface area contributed by atoms with E-state index in [1.54, 1.807) is 37.3 Å². The summed E-state index contributed by atoms with van der Waals surface area (Å²) in [4.78, 5) is 21.9. The van der Waals surface area contributed by atoms with E-state index in [0.717, 1.165) is 11.1 Å². The first-order chi connectivity index (χ1) is 17.4. The van der Waals surface area contributed by atoms with Crippen molar-refractivity contribution in [2.45, 2.75) is 13.8 Å². The van der Waals surface area contributed by atoms with Crippen molar-refractivity contribution >= 4 is 57.8 Å². The van der Waals surface area contributed by atoms with Crippen LogP contribution in [0.25, 0.3) is 0 Å². The highest BCUT2D eigenvalue weighted by molar-refractivity contribution is 6.33. The van der Waals surface area contributed by atoms with E-state index >= 15 is 0 Å². The molecule has 0 aliphatic heterocycles. The number of anilines is 4. The van der Waals surface area contributed by atoms with Gasteiger partial charge in [-0.25, -0.2) is 9.18 Å². The molecule has 8 N–H and O–H groups in total. The average molecular weight is 547 g/mol. The van der Waals surface area contributed by atoms with E-state index in [-0.39, 0.29) is 11.3 Å². The lowest BCUT2D eigenvalue weighted by molar-refractivity contribution is 0.0662. The van der Waals surface area contributed by atoms with E-state index in [1.165, 1.54) is 36.6 Å². The Balaban J connectivity index is 0.000000223. The molecule has 1 aromatic heterocycles. The third-order valence-electron chi connectivity index (χ3n) is 4.83. The zero-order valence-corrected chi connectivity index (χ0v) is 21.4. The van der Waals surface area contributed by atoms with Gasteiger partial charge in [0.05, 0.1) is 33.2 Å². The number of aryl methyl sites for hydroxylation is 2. The topological polar surface area (TPSA) is 158 Å². The molecule has 1 amide bonds. The van der Waals surface area contributed by atoms with Crippen molar-refractivity contribution in [3.63, 3.8) is 0 Å². The third kappa shape index (κ3) is 8.45. The Kier molecular flexibility index (Phi) is 10.4. The van der Waals surface area contributed by atoms with Gasteiger partial charge in [-0.3, -0.25) is 4.79 Å². The van der Waals surface area contributed by atoms with Gasteiger partial charge in [0.25, 0.3) is 5.91 Å². The van der Waals surface area contributed by atoms with E-state index in [2.05, 4.69) is 9.73 Å². The van der Waals surface area contributed by atoms with Crippen LogP contribution in [0.3, 0.4) is 0 Å². The van der Waals surface area contributed by atoms with Crippen molar-refractivity contribution in [3.8, 4) is 0 Å². The Bertz CT molecular complexity index is 1350. The Morgan fingerprint density at radius 1 is 0.865 bits per heavy atom. The number of carboxylic acid groups (broad SMARTS) is 1. The van der Waals surface area contributed by atoms with Gasteiger partial charge in [-0.05, 0) is 73.5 Å². The molecule has 0 aliphatic carbocycles. The summed E-state index contributed by atoms with van der Waals surface area (Å²) in [5, 5.41) is 11.7. The lowest BCUT2D eigenvalue weighted by atomic mass is 10.1. The van der Waals surface area contributed by atoms with E-state index in [9.17, 15) is 14.0 Å². The molecule has 4 rings (SSSR count). The second-order valence-electron chi connectivity index (χ2n) is 7.64. The van der Waals surface area contributed by atoms with Crippen LogP contribution in [0.2, 0.25) is 10.0 Å². The molecule has 11 heteroatoms. The van der Waals surface area contributed by atoms with Crippen molar-refractivity contribution in [1.82, 2.24) is 0 Å². The van der Waals surface area contributed by atoms with E-state index in [1.807, 2.05) is 6.92 Å². The molecule has 0 saturated carbocycles. The maximum Gasteiger partial charge on any atom is 0.371 e. The fourth-order valence-corrected chi connectivity index (χ4v) is 3.13. The van der Waals surface area contributed by atoms with Gasteiger partial charge in [0, 0.05) is 11.4 Å². The zero-order chi connectivity index (χ0) is 27.7. The lowest BCUT2D eigenvalue weighted by Crippen LogP contribution is -2.14. The van der Waals surface area contributed by atoms with Crippen LogP contribution in [0.15, 0.2) is 71.3 Å². The van der Waals surface area contributed by atoms with Gasteiger partial charge in [-0.1, -0.05) is 35.3 Å². The fourth-order valence-electron chi connectivity index (χ4n) is 2.79. The maximum atomic E-state index is 13.5. The number of nitrogens with two attached hydrogens (primary N) is 3. The molecule has 3 aromatic carbocycles. The van der Waals surface area contributed by atoms with E-state index in [4.69, 9.17) is 45.5 Å². The molecular weight excluding hydrogens is 522 g/mol. The van der Waals surface area contributed by atoms with Gasteiger partial charge in [0.2, 0.25) is 5.76 Å². The maximum absolute atomic E-state index is 13.5. The number of benzene rings is 3. The largest absolute Gasteiger partial charge is 0.475 e. The molecule has 0 fully saturated rings. The summed E-state index contributed by atoms with van der Waals surface area (Å²) in [6.07, 6.45) is 1.32. The van der Waals surface area contributed by atoms with Crippen molar-refractivity contribution in [2.75, 3.05) is 22.5 Å². The molecule has 8 nitrogen and oxygen atoms in total. The predicted molar refractivity (Wildman–Crippen MR) is 146 cm³/mol. The Morgan fingerprint density at radius 3 is 1.97 bits per heavy atom. The van der Waals surface area contributed by atoms with Gasteiger partial charge in [-0.15, -0.1) is 0 Å². The molecule has 1 heterocycles. The van der Waals surface area contributed by atoms with Gasteiger partial charge in [-0.2, -0.15) is 0 Å². The number of nitrogen functional groups attached to an aromatic ring is 3. The van der Waals surface area contributed by atoms with Crippen LogP contribution in [-0.4, -0.2) is 17.0 Å². The monoisotopic (exact) mass is 546 g/mol. The molecule has 0 radical (unpaired) electrons. The summed E-state index contributed by atoms with van der Waals surface area (Å²) < 4.78 is 18.0. The summed E-state index contributed by atoms with van der Waals surface area (Å²) in [5.74, 6) is -2.15. The average Bonchev–Trinajstić information content (AvgIpc) is 3.38. The number of aromatic carboxylic acids is 1. The zero-order valence-electron chi connectivity index (χ0n) is 19.9. The third-order valence-corrected chi connectivity index (χ3v) is 5.48. The minimum Gasteiger partial charge on any atom is -0.475 e. The minimum absolute atomic E-state index is 0.0187. The summed E-state index contributed by atoms with van der Waals surface area (Å²) in [5.41, 5.74) is 20.6. The van der Waals surface area contributed by atoms with Gasteiger partial charge in [0.1, 0.15) is 5.82 Å². The van der Waals surface area contributed by atoms with Crippen LogP contribution >= 0.6 is 23.2 Å². The Labute approximate surface area is 222 Å². The van der Waals surface area contributed by atoms with Crippen molar-refractivity contribution in [2.24, 2.45) is 0 Å². The Morgan fingerprint density at radius 2 is 1.46 bits per heavy atom. The van der Waals surface area contributed by atoms with Crippen molar-refractivity contribution in [1.29, 1.82) is 0 Å². The fraction of sp³-hybridized carbons (Fsp3) is 0.0769. The summed E-state index contributed by atoms with van der Waals surface area (Å²) >= 11 is 11.6. The molecule has 0 saturated heterocycles. The molecule has 0 atom stereocenters. The SMILES string of the molecule is Cc1cc(N)c(Cl)cc1N.Cc1cc(N)c(Cl)cc1NC(=O)c1ccccc1F.O=C(O)c1ccco1. The highest BCUT2D eigenvalue weighted by atomic mass is 35.5. The second-order valence-corrected chi connectivity index (χ2v) is 8.45. The minimum atomic E-state index is -1.03. The highest BCUT2D eigenvalue weighted by Crippen LogP contribution is 2.27. The van der Waals surface area contributed by atoms with Crippen LogP contribution < -0.4 is 22.5 Å². The number of carbonyl (C=O) groups is 2. The summed E-state index contributed by atoms with van der Waals surface area (Å²) in [7, 11) is 0. The standard InChI is InChI=1S/C14H12ClFN2O.C7H9ClN2.C5H4O3/c1-8-6-12(17)10(15)7-13(8)18-14(19)9-4-2-3-5-11(9)16;1-4-2-7(10)5(8)3-6(4)9;6-5(7)4-2-1-3-8-4/h2-7H,17H2,1H3,(H,18,19);2-3H,9-10H2,1H3;1-3H,(H,6,7). The number of hydrogen-bond acceptors (Lipinski definition) is 6. The number of carbonyl (C=O) groups excluding carboxylic acids is 1. The highest BCUT2D eigenvalue weighted by Gasteiger charge is 2.13. The Hall–Kier alpha value is -4.21. The van der Waals surface area contributed by atoms with Crippen LogP contribution in [-0.2, 0) is 0 Å². The van der Waals surface area contributed by atoms with Gasteiger partial charge < -0.3 is 32.0 Å². The van der Waals surface area contributed by atoms with Crippen LogP contribution in [0.1, 0.15) is 32.0 Å². The smallest absolute Gasteiger partial charge is 0.371 e. The number of hydrogen-bond donors (Lipinski definition) is 5. The van der Waals surface area contributed by atoms with Gasteiger partial charge in [0.15, 0.2) is 0 Å². The molecule has 0 spiro atoms. The molecular formula is C26H25Cl2FN4O4. The number of halogens is 3. The van der Waals surface area contributed by atoms with E-state index < -0.39 is 17.7 Å². The van der Waals surface area contributed by atoms with E-state index in [0.29, 0.717) is 32.8 Å². The molecule has 4 aromatic rings. The summed E-state index contributed by atoms with van der Waals surface area (Å²) in [6, 6.07) is 15.3. The first-order valence-electron chi connectivity index (χ1n) is 10.6. The number of amides is 1. The molecule has 194 valence electrons. The predicted octanol–water partition coefficient (Wildman–Crippen LogP) is 6.41. The molecule has 0 bridgehead atoms. The first-order valence-corrected chi connectivity index (χ1v) is 11.4. The first kappa shape index (κ1) is 29.0. The second kappa shape index (κ2) is 13.2. The van der Waals surface area contributed by atoms with Crippen LogP contribution in [0.4, 0.5) is 27.1 Å². The lowest BCUT2D eigenvalue weighted by Gasteiger charge is -2.10. The number of rotatable bonds is 3. The molecule has 37 heavy (non-hydrogen) atoms.